The summed E-state index contributed by atoms with van der Waals surface area (Å²) in [5.41, 5.74) is 5.47. The van der Waals surface area contributed by atoms with Gasteiger partial charge in [-0.2, -0.15) is 0 Å². The maximum Gasteiger partial charge on any atom is 0.146 e. The number of ketones is 1. The van der Waals surface area contributed by atoms with Gasteiger partial charge in [-0.1, -0.05) is 12.2 Å². The van der Waals surface area contributed by atoms with Gasteiger partial charge in [0, 0.05) is 0 Å². The average molecular weight is 141 g/mol. The molecule has 0 bridgehead atoms. The fraction of sp³-hybridized carbons (Fsp3) is 0.625. The number of rotatable bonds is 4. The molecule has 0 aliphatic heterocycles. The van der Waals surface area contributed by atoms with Crippen molar-refractivity contribution in [3.63, 3.8) is 0 Å². The third kappa shape index (κ3) is 4.27. The summed E-state index contributed by atoms with van der Waals surface area (Å²) in [6.45, 7) is 3.49. The standard InChI is InChI=1S/C8H15NO/c1-3-4-5-6-8(9)7(2)10/h3-4,8H,5-6,9H2,1-2H3/b4-3+/t8-/m0/s1. The fourth-order valence-corrected chi connectivity index (χ4v) is 0.646. The molecule has 0 aromatic carbocycles. The lowest BCUT2D eigenvalue weighted by Crippen LogP contribution is -2.27. The second-order valence-corrected chi connectivity index (χ2v) is 2.36. The molecule has 1 atom stereocenters. The molecule has 0 amide bonds. The largest absolute Gasteiger partial charge is 0.322 e. The normalized spacial score (nSPS) is 13.9. The Morgan fingerprint density at radius 1 is 1.70 bits per heavy atom. The summed E-state index contributed by atoms with van der Waals surface area (Å²) < 4.78 is 0. The van der Waals surface area contributed by atoms with Crippen LogP contribution in [0.2, 0.25) is 0 Å². The zero-order valence-electron chi connectivity index (χ0n) is 6.63. The van der Waals surface area contributed by atoms with E-state index in [9.17, 15) is 4.79 Å². The minimum absolute atomic E-state index is 0.0736. The Morgan fingerprint density at radius 3 is 2.70 bits per heavy atom. The zero-order valence-corrected chi connectivity index (χ0v) is 6.63. The van der Waals surface area contributed by atoms with E-state index in [1.54, 1.807) is 0 Å². The van der Waals surface area contributed by atoms with Crippen LogP contribution < -0.4 is 5.73 Å². The summed E-state index contributed by atoms with van der Waals surface area (Å²) in [5, 5.41) is 0. The lowest BCUT2D eigenvalue weighted by molar-refractivity contribution is -0.118. The minimum Gasteiger partial charge on any atom is -0.322 e. The highest BCUT2D eigenvalue weighted by molar-refractivity contribution is 5.81. The van der Waals surface area contributed by atoms with Gasteiger partial charge in [-0.25, -0.2) is 0 Å². The number of allylic oxidation sites excluding steroid dienone is 2. The van der Waals surface area contributed by atoms with Gasteiger partial charge in [0.1, 0.15) is 5.78 Å². The van der Waals surface area contributed by atoms with E-state index in [1.807, 2.05) is 19.1 Å². The van der Waals surface area contributed by atoms with Gasteiger partial charge < -0.3 is 5.73 Å². The smallest absolute Gasteiger partial charge is 0.146 e. The van der Waals surface area contributed by atoms with Crippen LogP contribution in [0, 0.1) is 0 Å². The SMILES string of the molecule is C/C=C/CC[C@H](N)C(C)=O. The Kier molecular flexibility index (Phi) is 4.85. The first-order chi connectivity index (χ1) is 4.68. The van der Waals surface area contributed by atoms with Gasteiger partial charge in [0.15, 0.2) is 0 Å². The van der Waals surface area contributed by atoms with E-state index in [1.165, 1.54) is 6.92 Å². The summed E-state index contributed by atoms with van der Waals surface area (Å²) in [4.78, 5) is 10.6. The number of hydrogen-bond donors (Lipinski definition) is 1. The quantitative estimate of drug-likeness (QED) is 0.599. The van der Waals surface area contributed by atoms with Gasteiger partial charge in [0.2, 0.25) is 0 Å². The highest BCUT2D eigenvalue weighted by Gasteiger charge is 2.04. The summed E-state index contributed by atoms with van der Waals surface area (Å²) in [7, 11) is 0. The van der Waals surface area contributed by atoms with E-state index in [0.29, 0.717) is 0 Å². The van der Waals surface area contributed by atoms with Gasteiger partial charge in [-0.3, -0.25) is 4.79 Å². The monoisotopic (exact) mass is 141 g/mol. The summed E-state index contributed by atoms with van der Waals surface area (Å²) >= 11 is 0. The first-order valence-corrected chi connectivity index (χ1v) is 3.55. The Labute approximate surface area is 62.1 Å². The van der Waals surface area contributed by atoms with Crippen molar-refractivity contribution in [2.45, 2.75) is 32.7 Å². The molecule has 0 saturated heterocycles. The highest BCUT2D eigenvalue weighted by atomic mass is 16.1. The van der Waals surface area contributed by atoms with Crippen LogP contribution in [0.15, 0.2) is 12.2 Å². The van der Waals surface area contributed by atoms with Crippen LogP contribution in [-0.2, 0) is 4.79 Å². The summed E-state index contributed by atoms with van der Waals surface area (Å²) in [5.74, 6) is 0.0736. The van der Waals surface area contributed by atoms with Crippen molar-refractivity contribution in [2.75, 3.05) is 0 Å². The molecule has 0 aromatic heterocycles. The van der Waals surface area contributed by atoms with Crippen LogP contribution in [0.3, 0.4) is 0 Å². The molecule has 0 aromatic rings. The Hall–Kier alpha value is -0.630. The molecule has 0 aliphatic carbocycles. The third-order valence-corrected chi connectivity index (χ3v) is 1.40. The molecule has 0 saturated carbocycles. The Balaban J connectivity index is 3.39. The van der Waals surface area contributed by atoms with Gasteiger partial charge in [0.05, 0.1) is 6.04 Å². The van der Waals surface area contributed by atoms with E-state index in [-0.39, 0.29) is 11.8 Å². The van der Waals surface area contributed by atoms with Crippen molar-refractivity contribution in [1.82, 2.24) is 0 Å². The molecule has 0 unspecified atom stereocenters. The van der Waals surface area contributed by atoms with Gasteiger partial charge in [0.25, 0.3) is 0 Å². The van der Waals surface area contributed by atoms with Crippen molar-refractivity contribution in [3.05, 3.63) is 12.2 Å². The number of Topliss-reactive ketones (excluding diaryl/α,β-unsaturated/α-hetero) is 1. The molecular weight excluding hydrogens is 126 g/mol. The van der Waals surface area contributed by atoms with E-state index >= 15 is 0 Å². The zero-order chi connectivity index (χ0) is 7.98. The number of carbonyl (C=O) groups excluding carboxylic acids is 1. The first-order valence-electron chi connectivity index (χ1n) is 3.55. The Bertz CT molecular complexity index is 129. The lowest BCUT2D eigenvalue weighted by Gasteiger charge is -2.03. The molecule has 0 fully saturated rings. The summed E-state index contributed by atoms with van der Waals surface area (Å²) in [6.07, 6.45) is 5.65. The first kappa shape index (κ1) is 9.37. The molecule has 0 spiro atoms. The summed E-state index contributed by atoms with van der Waals surface area (Å²) in [6, 6.07) is -0.267. The predicted octanol–water partition coefficient (Wildman–Crippen LogP) is 1.26. The van der Waals surface area contributed by atoms with Crippen molar-refractivity contribution in [1.29, 1.82) is 0 Å². The fourth-order valence-electron chi connectivity index (χ4n) is 0.646. The van der Waals surface area contributed by atoms with E-state index in [4.69, 9.17) is 5.73 Å². The molecular formula is C8H15NO. The average Bonchev–Trinajstić information content (AvgIpc) is 1.88. The molecule has 58 valence electrons. The van der Waals surface area contributed by atoms with E-state index < -0.39 is 0 Å². The second kappa shape index (κ2) is 5.18. The number of carbonyl (C=O) groups is 1. The molecule has 2 N–H and O–H groups in total. The lowest BCUT2D eigenvalue weighted by atomic mass is 10.1. The van der Waals surface area contributed by atoms with Crippen LogP contribution in [0.1, 0.15) is 26.7 Å². The molecule has 0 aliphatic rings. The van der Waals surface area contributed by atoms with Crippen molar-refractivity contribution in [3.8, 4) is 0 Å². The van der Waals surface area contributed by atoms with E-state index in [0.717, 1.165) is 12.8 Å². The maximum absolute atomic E-state index is 10.6. The van der Waals surface area contributed by atoms with Crippen LogP contribution in [0.25, 0.3) is 0 Å². The van der Waals surface area contributed by atoms with Crippen LogP contribution in [-0.4, -0.2) is 11.8 Å². The molecule has 2 nitrogen and oxygen atoms in total. The van der Waals surface area contributed by atoms with Gasteiger partial charge in [-0.15, -0.1) is 0 Å². The van der Waals surface area contributed by atoms with Crippen LogP contribution in [0.5, 0.6) is 0 Å². The van der Waals surface area contributed by atoms with Crippen molar-refractivity contribution >= 4 is 5.78 Å². The molecule has 0 radical (unpaired) electrons. The number of nitrogens with two attached hydrogens (primary N) is 1. The van der Waals surface area contributed by atoms with Gasteiger partial charge in [-0.05, 0) is 26.7 Å². The van der Waals surface area contributed by atoms with Crippen LogP contribution >= 0.6 is 0 Å². The molecule has 2 heteroatoms. The Morgan fingerprint density at radius 2 is 2.30 bits per heavy atom. The molecule has 0 heterocycles. The van der Waals surface area contributed by atoms with Crippen LogP contribution in [0.4, 0.5) is 0 Å². The minimum atomic E-state index is -0.267. The topological polar surface area (TPSA) is 43.1 Å². The molecule has 10 heavy (non-hydrogen) atoms. The molecule has 0 rings (SSSR count). The highest BCUT2D eigenvalue weighted by Crippen LogP contribution is 1.96. The maximum atomic E-state index is 10.6. The third-order valence-electron chi connectivity index (χ3n) is 1.40. The number of hydrogen-bond acceptors (Lipinski definition) is 2. The van der Waals surface area contributed by atoms with Gasteiger partial charge >= 0.3 is 0 Å². The second-order valence-electron chi connectivity index (χ2n) is 2.36. The predicted molar refractivity (Wildman–Crippen MR) is 42.7 cm³/mol. The van der Waals surface area contributed by atoms with Crippen molar-refractivity contribution < 1.29 is 4.79 Å². The van der Waals surface area contributed by atoms with Crippen molar-refractivity contribution in [2.24, 2.45) is 5.73 Å². The van der Waals surface area contributed by atoms with E-state index in [2.05, 4.69) is 0 Å².